The first-order chi connectivity index (χ1) is 26.9. The summed E-state index contributed by atoms with van der Waals surface area (Å²) in [6.45, 7) is 6.96. The molecule has 2 heterocycles. The number of carbonyl (C=O) groups excluding carboxylic acids is 1. The number of nitrogens with one attached hydrogen (secondary N) is 2. The quantitative estimate of drug-likeness (QED) is 0.0661. The number of amides is 2. The van der Waals surface area contributed by atoms with Crippen molar-refractivity contribution in [1.82, 2.24) is 5.32 Å². The molecule has 16 heteroatoms. The molecule has 1 fully saturated rings. The molecule has 6 unspecified atom stereocenters. The van der Waals surface area contributed by atoms with Gasteiger partial charge in [-0.2, -0.15) is 8.42 Å². The molecule has 0 bridgehead atoms. The summed E-state index contributed by atoms with van der Waals surface area (Å²) >= 11 is 2.74. The lowest BCUT2D eigenvalue weighted by atomic mass is 9.80. The number of unbranched alkanes of at least 4 members (excludes halogenated alkanes) is 1. The van der Waals surface area contributed by atoms with Gasteiger partial charge in [-0.1, -0.05) is 76.1 Å². The molecular weight excluding hydrogens is 779 g/mol. The van der Waals surface area contributed by atoms with E-state index >= 15 is 0 Å². The zero-order valence-electron chi connectivity index (χ0n) is 33.4. The molecule has 56 heavy (non-hydrogen) atoms. The molecule has 0 aromatic heterocycles. The van der Waals surface area contributed by atoms with Gasteiger partial charge in [0.2, 0.25) is 0 Å². The summed E-state index contributed by atoms with van der Waals surface area (Å²) in [4.78, 5) is 16.7. The molecule has 0 saturated carbocycles. The van der Waals surface area contributed by atoms with Crippen LogP contribution in [0.3, 0.4) is 0 Å². The molecule has 6 atom stereocenters. The molecule has 3 aromatic carbocycles. The minimum absolute atomic E-state index is 0.129. The Hall–Kier alpha value is -2.90. The van der Waals surface area contributed by atoms with E-state index in [0.29, 0.717) is 31.7 Å². The van der Waals surface area contributed by atoms with E-state index in [0.717, 1.165) is 66.8 Å². The molecule has 2 aliphatic rings. The van der Waals surface area contributed by atoms with Crippen LogP contribution in [-0.4, -0.2) is 89.3 Å². The van der Waals surface area contributed by atoms with E-state index in [1.165, 1.54) is 4.90 Å². The summed E-state index contributed by atoms with van der Waals surface area (Å²) in [6, 6.07) is 24.0. The monoisotopic (exact) mass is 837 g/mol. The van der Waals surface area contributed by atoms with Gasteiger partial charge in [-0.3, -0.25) is 17.1 Å². The number of hydrogen-bond donors (Lipinski definition) is 4. The van der Waals surface area contributed by atoms with Crippen molar-refractivity contribution in [3.63, 3.8) is 0 Å². The number of rotatable bonds is 15. The van der Waals surface area contributed by atoms with Crippen LogP contribution < -0.4 is 15.5 Å². The van der Waals surface area contributed by atoms with E-state index in [4.69, 9.17) is 22.4 Å². The summed E-state index contributed by atoms with van der Waals surface area (Å²) in [5.41, 5.74) is 4.92. The van der Waals surface area contributed by atoms with Crippen LogP contribution in [-0.2, 0) is 39.0 Å². The van der Waals surface area contributed by atoms with E-state index in [2.05, 4.69) is 50.9 Å². The van der Waals surface area contributed by atoms with Gasteiger partial charge < -0.3 is 30.1 Å². The number of fused-ring (bicyclic) bond motifs is 1. The zero-order valence-corrected chi connectivity index (χ0v) is 35.8. The van der Waals surface area contributed by atoms with Gasteiger partial charge in [0.05, 0.1) is 45.7 Å². The normalized spacial score (nSPS) is 21.9. The molecule has 312 valence electrons. The Morgan fingerprint density at radius 2 is 1.77 bits per heavy atom. The highest BCUT2D eigenvalue weighted by atomic mass is 32.3. The summed E-state index contributed by atoms with van der Waals surface area (Å²) in [6.07, 6.45) is 2.76. The van der Waals surface area contributed by atoms with Gasteiger partial charge in [-0.15, -0.1) is 11.8 Å². The maximum absolute atomic E-state index is 13.4. The molecule has 5 rings (SSSR count). The topological polar surface area (TPSA) is 165 Å². The molecule has 1 saturated heterocycles. The highest BCUT2D eigenvalue weighted by Crippen LogP contribution is 2.45. The Bertz CT molecular complexity index is 1700. The number of urea groups is 1. The lowest BCUT2D eigenvalue weighted by Crippen LogP contribution is -2.49. The van der Waals surface area contributed by atoms with Crippen LogP contribution in [0.1, 0.15) is 75.5 Å². The second-order valence-electron chi connectivity index (χ2n) is 13.3. The lowest BCUT2D eigenvalue weighted by molar-refractivity contribution is -0.133. The summed E-state index contributed by atoms with van der Waals surface area (Å²) < 4.78 is 52.6. The van der Waals surface area contributed by atoms with Crippen molar-refractivity contribution >= 4 is 51.9 Å². The van der Waals surface area contributed by atoms with E-state index < -0.39 is 22.7 Å². The molecule has 2 aliphatic heterocycles. The van der Waals surface area contributed by atoms with Crippen LogP contribution in [0.15, 0.2) is 77.7 Å². The number of thioether (sulfide) groups is 1. The number of anilines is 2. The van der Waals surface area contributed by atoms with Gasteiger partial charge in [0.1, 0.15) is 6.23 Å². The van der Waals surface area contributed by atoms with Crippen LogP contribution in [0.2, 0.25) is 0 Å². The Balaban J connectivity index is 0.000000960. The third-order valence-corrected chi connectivity index (χ3v) is 11.2. The minimum Gasteiger partial charge on any atom is -0.392 e. The molecule has 2 amide bonds. The second kappa shape index (κ2) is 24.8. The predicted molar refractivity (Wildman–Crippen MR) is 224 cm³/mol. The van der Waals surface area contributed by atoms with Crippen LogP contribution in [0, 0.1) is 5.92 Å². The number of carbonyl (C=O) groups is 1. The third-order valence-electron chi connectivity index (χ3n) is 9.12. The standard InChI is InChI=1S/C37H49N3O6S2.C2H6.CH4O4S/c1-5-6-13-27-24-47-33-17-16-29(40(2)3)19-32(33)35(36(27)41)26-14-10-15-28(18-26)38-37(42)39-34-21-30(20-31(46-34)23-45-48-43-4)44-22-25-11-8-7-9-12-25;1-2;1-5-6(2,3)4/h7-12,14-19,27,30-31,34-36,41H,5-6,13,20-24H2,1-4H3,(H2,38,39,42);1-2H3;1H3,(H,2,3,4). The number of aliphatic hydroxyl groups excluding tert-OH is 1. The number of benzene rings is 3. The maximum Gasteiger partial charge on any atom is 0.397 e. The number of ether oxygens (including phenoxy) is 2. The van der Waals surface area contributed by atoms with Crippen molar-refractivity contribution in [2.24, 2.45) is 5.92 Å². The van der Waals surface area contributed by atoms with E-state index in [1.54, 1.807) is 7.11 Å². The number of hydrogen-bond acceptors (Lipinski definition) is 12. The average molecular weight is 838 g/mol. The molecule has 4 N–H and O–H groups in total. The van der Waals surface area contributed by atoms with Crippen molar-refractivity contribution < 1.29 is 44.9 Å². The fraction of sp³-hybridized carbons (Fsp3) is 0.525. The summed E-state index contributed by atoms with van der Waals surface area (Å²) in [5.74, 6) is 0.811. The van der Waals surface area contributed by atoms with E-state index in [1.807, 2.05) is 88.2 Å². The number of nitrogens with zero attached hydrogens (tertiary/aromatic N) is 1. The SMILES string of the molecule is CC.CCCCC1CSc2ccc(N(C)C)cc2C(c2cccc(NC(=O)NC3CC(OCc4ccccc4)CC(COSOC)O3)c2)C1O.COS(=O)(=O)O. The van der Waals surface area contributed by atoms with E-state index in [-0.39, 0.29) is 30.1 Å². The van der Waals surface area contributed by atoms with Gasteiger partial charge >= 0.3 is 16.4 Å². The van der Waals surface area contributed by atoms with Crippen LogP contribution in [0.5, 0.6) is 0 Å². The first-order valence-electron chi connectivity index (χ1n) is 18.9. The molecular formula is C40H59N3O10S3. The fourth-order valence-corrected chi connectivity index (χ4v) is 7.99. The molecule has 0 spiro atoms. The Morgan fingerprint density at radius 3 is 2.43 bits per heavy atom. The van der Waals surface area contributed by atoms with Gasteiger partial charge in [0.25, 0.3) is 0 Å². The Kier molecular flexibility index (Phi) is 21.0. The minimum atomic E-state index is -4.16. The smallest absolute Gasteiger partial charge is 0.392 e. The zero-order chi connectivity index (χ0) is 41.1. The Labute approximate surface area is 341 Å². The van der Waals surface area contributed by atoms with Crippen molar-refractivity contribution in [2.45, 2.75) is 94.8 Å². The largest absolute Gasteiger partial charge is 0.397 e. The first-order valence-corrected chi connectivity index (χ1v) is 21.9. The lowest BCUT2D eigenvalue weighted by Gasteiger charge is -2.35. The van der Waals surface area contributed by atoms with Crippen LogP contribution >= 0.6 is 24.1 Å². The molecule has 0 aliphatic carbocycles. The molecule has 3 aromatic rings. The molecule has 0 radical (unpaired) electrons. The third kappa shape index (κ3) is 15.8. The highest BCUT2D eigenvalue weighted by molar-refractivity contribution is 7.99. The molecule has 13 nitrogen and oxygen atoms in total. The average Bonchev–Trinajstić information content (AvgIpc) is 3.32. The Morgan fingerprint density at radius 1 is 1.04 bits per heavy atom. The van der Waals surface area contributed by atoms with E-state index in [9.17, 15) is 18.3 Å². The fourth-order valence-electron chi connectivity index (χ4n) is 6.41. The first kappa shape index (κ1) is 47.5. The maximum atomic E-state index is 13.4. The van der Waals surface area contributed by atoms with Gasteiger partial charge in [-0.25, -0.2) is 4.79 Å². The number of aliphatic hydroxyl groups is 1. The van der Waals surface area contributed by atoms with Crippen molar-refractivity contribution in [3.8, 4) is 0 Å². The highest BCUT2D eigenvalue weighted by Gasteiger charge is 2.35. The van der Waals surface area contributed by atoms with Crippen LogP contribution in [0.4, 0.5) is 16.2 Å². The van der Waals surface area contributed by atoms with Crippen molar-refractivity contribution in [1.29, 1.82) is 0 Å². The predicted octanol–water partition coefficient (Wildman–Crippen LogP) is 8.06. The van der Waals surface area contributed by atoms with Crippen molar-refractivity contribution in [2.75, 3.05) is 50.9 Å². The second-order valence-corrected chi connectivity index (χ2v) is 16.2. The van der Waals surface area contributed by atoms with Gasteiger partial charge in [-0.05, 0) is 59.4 Å². The summed E-state index contributed by atoms with van der Waals surface area (Å²) in [5, 5.41) is 17.9. The van der Waals surface area contributed by atoms with Gasteiger partial charge in [0.15, 0.2) is 12.3 Å². The van der Waals surface area contributed by atoms with Crippen molar-refractivity contribution in [3.05, 3.63) is 89.5 Å². The van der Waals surface area contributed by atoms with Gasteiger partial charge in [0, 0.05) is 54.9 Å². The van der Waals surface area contributed by atoms with Crippen LogP contribution in [0.25, 0.3) is 0 Å². The summed E-state index contributed by atoms with van der Waals surface area (Å²) in [7, 11) is 2.32.